The summed E-state index contributed by atoms with van der Waals surface area (Å²) >= 11 is 6.54. The summed E-state index contributed by atoms with van der Waals surface area (Å²) in [5.41, 5.74) is 4.10. The molecular weight excluding hydrogens is 464 g/mol. The number of carbonyl (C=O) groups is 1. The van der Waals surface area contributed by atoms with Gasteiger partial charge >= 0.3 is 0 Å². The number of nitriles is 1. The van der Waals surface area contributed by atoms with Gasteiger partial charge in [0.05, 0.1) is 29.6 Å². The molecule has 0 aromatic heterocycles. The molecule has 2 aliphatic rings. The number of hydrazone groups is 1. The zero-order valence-electron chi connectivity index (χ0n) is 18.9. The molecule has 5 rings (SSSR count). The lowest BCUT2D eigenvalue weighted by Gasteiger charge is -2.29. The zero-order valence-corrected chi connectivity index (χ0v) is 19.7. The summed E-state index contributed by atoms with van der Waals surface area (Å²) in [7, 11) is 0. The maximum atomic E-state index is 13.0. The third-order valence-electron chi connectivity index (χ3n) is 5.86. The molecule has 176 valence electrons. The van der Waals surface area contributed by atoms with E-state index >= 15 is 0 Å². The van der Waals surface area contributed by atoms with Crippen molar-refractivity contribution in [2.45, 2.75) is 13.1 Å². The van der Waals surface area contributed by atoms with Crippen LogP contribution in [0.25, 0.3) is 0 Å². The van der Waals surface area contributed by atoms with Crippen LogP contribution < -0.4 is 10.2 Å². The van der Waals surface area contributed by atoms with E-state index in [1.807, 2.05) is 71.4 Å². The Balaban J connectivity index is 0.00000289. The molecule has 0 spiro atoms. The Bertz CT molecular complexity index is 1370. The summed E-state index contributed by atoms with van der Waals surface area (Å²) < 4.78 is 0. The molecule has 0 fully saturated rings. The van der Waals surface area contributed by atoms with Gasteiger partial charge < -0.3 is 5.48 Å². The van der Waals surface area contributed by atoms with Gasteiger partial charge in [-0.05, 0) is 43.3 Å². The number of likely N-dealkylation sites (N-methyl/N-ethyl adjacent to an activating group) is 1. The number of aliphatic imine (C=N–C) groups is 1. The highest BCUT2D eigenvalue weighted by molar-refractivity contribution is 6.36. The molecule has 0 bridgehead atoms. The number of benzene rings is 3. The molecule has 8 nitrogen and oxygen atoms in total. The van der Waals surface area contributed by atoms with E-state index in [0.29, 0.717) is 40.9 Å². The summed E-state index contributed by atoms with van der Waals surface area (Å²) in [5, 5.41) is 19.7. The lowest BCUT2D eigenvalue weighted by molar-refractivity contribution is 0.0976. The molecule has 1 amide bonds. The topological polar surface area (TPSA) is 116 Å². The zero-order chi connectivity index (χ0) is 23.7. The van der Waals surface area contributed by atoms with Crippen LogP contribution in [-0.4, -0.2) is 47.3 Å². The fourth-order valence-electron chi connectivity index (χ4n) is 4.24. The number of rotatable bonds is 3. The number of hydrogen-bond acceptors (Lipinski definition) is 6. The Morgan fingerprint density at radius 2 is 1.86 bits per heavy atom. The first-order valence-corrected chi connectivity index (χ1v) is 11.3. The summed E-state index contributed by atoms with van der Waals surface area (Å²) in [6.07, 6.45) is -0.234. The van der Waals surface area contributed by atoms with Gasteiger partial charge in [0.25, 0.3) is 5.91 Å². The van der Waals surface area contributed by atoms with Crippen LogP contribution in [0.1, 0.15) is 34.0 Å². The third-order valence-corrected chi connectivity index (χ3v) is 6.19. The highest BCUT2D eigenvalue weighted by Gasteiger charge is 2.39. The number of guanidine groups is 1. The molecule has 0 radical (unpaired) electrons. The average Bonchev–Trinajstić information content (AvgIpc) is 3.12. The van der Waals surface area contributed by atoms with Crippen molar-refractivity contribution in [3.05, 3.63) is 100 Å². The number of carbonyl (C=O) groups excluding carboxylic acids is 1. The Labute approximate surface area is 208 Å². The van der Waals surface area contributed by atoms with Crippen LogP contribution in [0.5, 0.6) is 0 Å². The number of anilines is 1. The molecule has 0 saturated heterocycles. The Hall–Kier alpha value is -4.19. The molecule has 35 heavy (non-hydrogen) atoms. The molecule has 3 N–H and O–H groups in total. The van der Waals surface area contributed by atoms with E-state index in [-0.39, 0.29) is 17.5 Å². The van der Waals surface area contributed by atoms with E-state index in [2.05, 4.69) is 11.4 Å². The van der Waals surface area contributed by atoms with Crippen LogP contribution in [0.4, 0.5) is 5.69 Å². The quantitative estimate of drug-likeness (QED) is 0.610. The monoisotopic (exact) mass is 486 g/mol. The van der Waals surface area contributed by atoms with E-state index in [1.54, 1.807) is 18.2 Å². The van der Waals surface area contributed by atoms with Crippen LogP contribution in [0.3, 0.4) is 0 Å². The lowest BCUT2D eigenvalue weighted by Crippen LogP contribution is -2.49. The predicted octanol–water partition coefficient (Wildman–Crippen LogP) is 3.41. The van der Waals surface area contributed by atoms with Crippen LogP contribution in [0, 0.1) is 11.3 Å². The second-order valence-electron chi connectivity index (χ2n) is 7.86. The Kier molecular flexibility index (Phi) is 6.82. The van der Waals surface area contributed by atoms with E-state index in [0.717, 1.165) is 16.8 Å². The standard InChI is InChI=1S/C26H21ClN6O.H2O/c1-2-32-23-16-29-24(19-10-6-7-11-21(19)27)20-14-17(15-28)12-13-22(20)33(23)26(31-32)30-25(34)18-8-4-3-5-9-18;/h3-14,23H,2,16H2,1H3,(H,30,31,34);1H2. The second-order valence-corrected chi connectivity index (χ2v) is 8.27. The van der Waals surface area contributed by atoms with Crippen molar-refractivity contribution < 1.29 is 10.3 Å². The van der Waals surface area contributed by atoms with E-state index < -0.39 is 0 Å². The van der Waals surface area contributed by atoms with Crippen molar-refractivity contribution in [2.75, 3.05) is 18.0 Å². The van der Waals surface area contributed by atoms with Crippen LogP contribution in [-0.2, 0) is 0 Å². The summed E-state index contributed by atoms with van der Waals surface area (Å²) in [4.78, 5) is 19.9. The maximum absolute atomic E-state index is 13.0. The molecule has 1 atom stereocenters. The van der Waals surface area contributed by atoms with Gasteiger partial charge in [-0.15, -0.1) is 5.10 Å². The van der Waals surface area contributed by atoms with Gasteiger partial charge in [0, 0.05) is 28.3 Å². The first kappa shape index (κ1) is 24.0. The summed E-state index contributed by atoms with van der Waals surface area (Å²) in [6.45, 7) is 3.04. The molecule has 2 heterocycles. The second kappa shape index (κ2) is 9.97. The fraction of sp³-hybridized carbons (Fsp3) is 0.154. The lowest BCUT2D eigenvalue weighted by atomic mass is 9.98. The minimum atomic E-state index is -0.247. The molecule has 0 aliphatic carbocycles. The first-order chi connectivity index (χ1) is 16.6. The van der Waals surface area contributed by atoms with E-state index in [4.69, 9.17) is 21.7 Å². The van der Waals surface area contributed by atoms with Gasteiger partial charge in [-0.3, -0.25) is 25.0 Å². The minimum absolute atomic E-state index is 0. The van der Waals surface area contributed by atoms with Crippen molar-refractivity contribution in [2.24, 2.45) is 10.1 Å². The van der Waals surface area contributed by atoms with Crippen LogP contribution in [0.15, 0.2) is 82.9 Å². The molecular formula is C26H23ClN6O2. The first-order valence-electron chi connectivity index (χ1n) is 11.0. The molecule has 3 aromatic rings. The van der Waals surface area contributed by atoms with Gasteiger partial charge in [-0.2, -0.15) is 5.26 Å². The van der Waals surface area contributed by atoms with Crippen LogP contribution >= 0.6 is 11.6 Å². The van der Waals surface area contributed by atoms with Gasteiger partial charge in [0.15, 0.2) is 0 Å². The normalized spacial score (nSPS) is 16.1. The minimum Gasteiger partial charge on any atom is -0.412 e. The van der Waals surface area contributed by atoms with Crippen LogP contribution in [0.2, 0.25) is 5.02 Å². The van der Waals surface area contributed by atoms with Gasteiger partial charge in [0.2, 0.25) is 5.96 Å². The van der Waals surface area contributed by atoms with Crippen molar-refractivity contribution in [1.82, 2.24) is 10.3 Å². The number of nitrogens with zero attached hydrogens (tertiary/aromatic N) is 5. The molecule has 1 unspecified atom stereocenters. The number of amides is 1. The highest BCUT2D eigenvalue weighted by atomic mass is 35.5. The number of nitrogens with one attached hydrogen (secondary N) is 1. The third kappa shape index (κ3) is 4.35. The Morgan fingerprint density at radius 3 is 2.57 bits per heavy atom. The fourth-order valence-corrected chi connectivity index (χ4v) is 4.46. The number of halogens is 1. The molecule has 0 saturated carbocycles. The summed E-state index contributed by atoms with van der Waals surface area (Å²) in [6, 6.07) is 24.2. The van der Waals surface area contributed by atoms with Crippen molar-refractivity contribution in [3.8, 4) is 6.07 Å². The van der Waals surface area contributed by atoms with Gasteiger partial charge in [-0.1, -0.05) is 48.0 Å². The largest absolute Gasteiger partial charge is 0.412 e. The molecule has 3 aromatic carbocycles. The van der Waals surface area contributed by atoms with Crippen molar-refractivity contribution in [1.29, 1.82) is 5.26 Å². The predicted molar refractivity (Wildman–Crippen MR) is 137 cm³/mol. The maximum Gasteiger partial charge on any atom is 0.258 e. The number of fused-ring (bicyclic) bond motifs is 3. The van der Waals surface area contributed by atoms with E-state index in [9.17, 15) is 10.1 Å². The van der Waals surface area contributed by atoms with Gasteiger partial charge in [-0.25, -0.2) is 0 Å². The average molecular weight is 487 g/mol. The number of hydrogen-bond donors (Lipinski definition) is 1. The SMILES string of the molecule is CCN1N=C(NC(=O)c2ccccc2)N2c3ccc(C#N)cc3C(c3ccccc3Cl)=NCC12.O. The summed E-state index contributed by atoms with van der Waals surface area (Å²) in [5.74, 6) is 0.171. The van der Waals surface area contributed by atoms with Crippen molar-refractivity contribution in [3.63, 3.8) is 0 Å². The Morgan fingerprint density at radius 1 is 1.11 bits per heavy atom. The molecule has 9 heteroatoms. The van der Waals surface area contributed by atoms with Gasteiger partial charge in [0.1, 0.15) is 6.17 Å². The molecule has 2 aliphatic heterocycles. The highest BCUT2D eigenvalue weighted by Crippen LogP contribution is 2.34. The van der Waals surface area contributed by atoms with E-state index in [1.165, 1.54) is 0 Å². The smallest absolute Gasteiger partial charge is 0.258 e. The van der Waals surface area contributed by atoms with Crippen molar-refractivity contribution >= 4 is 34.9 Å².